The standard InChI is InChI=1S/C21H19NO/c1-14-6-8-16(9-7-14)20-13-18-12-17-11-10-15-4-2-3-5-19(15)21(17)22(20)23-18/h2-11,18,20H,12-13H2,1H3. The Bertz CT molecular complexity index is 884. The lowest BCUT2D eigenvalue weighted by Gasteiger charge is -2.31. The number of aryl methyl sites for hydroxylation is 1. The van der Waals surface area contributed by atoms with Crippen molar-refractivity contribution in [1.29, 1.82) is 0 Å². The Kier molecular flexibility index (Phi) is 2.77. The number of anilines is 1. The van der Waals surface area contributed by atoms with Gasteiger partial charge >= 0.3 is 0 Å². The van der Waals surface area contributed by atoms with Crippen LogP contribution < -0.4 is 5.06 Å². The highest BCUT2D eigenvalue weighted by molar-refractivity contribution is 5.96. The molecule has 0 aromatic heterocycles. The van der Waals surface area contributed by atoms with Gasteiger partial charge in [-0.05, 0) is 23.4 Å². The lowest BCUT2D eigenvalue weighted by molar-refractivity contribution is 0.0741. The molecule has 2 aliphatic rings. The minimum atomic E-state index is 0.301. The third kappa shape index (κ3) is 1.98. The molecule has 0 radical (unpaired) electrons. The Morgan fingerprint density at radius 3 is 2.65 bits per heavy atom. The van der Waals surface area contributed by atoms with E-state index in [2.05, 4.69) is 72.7 Å². The van der Waals surface area contributed by atoms with Crippen LogP contribution in [0.5, 0.6) is 0 Å². The first-order chi connectivity index (χ1) is 11.3. The summed E-state index contributed by atoms with van der Waals surface area (Å²) in [4.78, 5) is 6.26. The minimum Gasteiger partial charge on any atom is -0.269 e. The lowest BCUT2D eigenvalue weighted by Crippen LogP contribution is -2.27. The quantitative estimate of drug-likeness (QED) is 0.630. The van der Waals surface area contributed by atoms with Gasteiger partial charge in [-0.25, -0.2) is 5.06 Å². The highest BCUT2D eigenvalue weighted by atomic mass is 16.7. The Morgan fingerprint density at radius 1 is 0.957 bits per heavy atom. The topological polar surface area (TPSA) is 12.5 Å². The molecule has 5 rings (SSSR count). The van der Waals surface area contributed by atoms with Crippen LogP contribution in [-0.2, 0) is 11.3 Å². The minimum absolute atomic E-state index is 0.301. The number of hydrogen-bond acceptors (Lipinski definition) is 2. The molecule has 0 spiro atoms. The zero-order chi connectivity index (χ0) is 15.4. The second kappa shape index (κ2) is 4.84. The maximum atomic E-state index is 6.26. The van der Waals surface area contributed by atoms with Gasteiger partial charge in [0.1, 0.15) is 0 Å². The van der Waals surface area contributed by atoms with E-state index in [9.17, 15) is 0 Å². The maximum Gasteiger partial charge on any atom is 0.0921 e. The van der Waals surface area contributed by atoms with E-state index in [1.807, 2.05) is 0 Å². The summed E-state index contributed by atoms with van der Waals surface area (Å²) in [6, 6.07) is 22.3. The number of nitrogens with zero attached hydrogens (tertiary/aromatic N) is 1. The number of rotatable bonds is 1. The molecule has 3 aromatic carbocycles. The summed E-state index contributed by atoms with van der Waals surface area (Å²) < 4.78 is 0. The van der Waals surface area contributed by atoms with Crippen molar-refractivity contribution in [3.8, 4) is 0 Å². The molecule has 114 valence electrons. The summed E-state index contributed by atoms with van der Waals surface area (Å²) >= 11 is 0. The van der Waals surface area contributed by atoms with Crippen molar-refractivity contribution in [1.82, 2.24) is 0 Å². The van der Waals surface area contributed by atoms with E-state index >= 15 is 0 Å². The summed E-state index contributed by atoms with van der Waals surface area (Å²) in [5.41, 5.74) is 5.33. The van der Waals surface area contributed by atoms with Crippen LogP contribution in [0.15, 0.2) is 60.7 Å². The molecule has 1 fully saturated rings. The molecule has 0 aliphatic carbocycles. The fraction of sp³-hybridized carbons (Fsp3) is 0.238. The van der Waals surface area contributed by atoms with Crippen molar-refractivity contribution in [3.63, 3.8) is 0 Å². The van der Waals surface area contributed by atoms with Gasteiger partial charge in [-0.3, -0.25) is 4.84 Å². The van der Waals surface area contributed by atoms with E-state index in [4.69, 9.17) is 4.84 Å². The van der Waals surface area contributed by atoms with Crippen molar-refractivity contribution in [2.24, 2.45) is 0 Å². The van der Waals surface area contributed by atoms with Crippen LogP contribution in [0.3, 0.4) is 0 Å². The molecule has 0 amide bonds. The molecule has 1 saturated heterocycles. The van der Waals surface area contributed by atoms with Gasteiger partial charge < -0.3 is 0 Å². The van der Waals surface area contributed by atoms with Gasteiger partial charge in [0, 0.05) is 18.2 Å². The molecule has 0 saturated carbocycles. The van der Waals surface area contributed by atoms with Crippen LogP contribution in [0, 0.1) is 6.92 Å². The predicted molar refractivity (Wildman–Crippen MR) is 93.5 cm³/mol. The molecule has 2 atom stereocenters. The normalized spacial score (nSPS) is 22.4. The molecular formula is C21H19NO. The molecule has 2 bridgehead atoms. The van der Waals surface area contributed by atoms with Gasteiger partial charge in [0.15, 0.2) is 0 Å². The Balaban J connectivity index is 1.68. The second-order valence-corrected chi connectivity index (χ2v) is 6.71. The van der Waals surface area contributed by atoms with Crippen LogP contribution >= 0.6 is 0 Å². The van der Waals surface area contributed by atoms with E-state index < -0.39 is 0 Å². The van der Waals surface area contributed by atoms with Gasteiger partial charge in [-0.1, -0.05) is 66.2 Å². The first-order valence-corrected chi connectivity index (χ1v) is 8.33. The average Bonchev–Trinajstić information content (AvgIpc) is 2.92. The summed E-state index contributed by atoms with van der Waals surface area (Å²) in [6.07, 6.45) is 2.38. The van der Waals surface area contributed by atoms with Gasteiger partial charge in [-0.15, -0.1) is 0 Å². The van der Waals surface area contributed by atoms with Gasteiger partial charge in [0.05, 0.1) is 17.8 Å². The van der Waals surface area contributed by atoms with Gasteiger partial charge in [0.25, 0.3) is 0 Å². The molecule has 2 heteroatoms. The van der Waals surface area contributed by atoms with Gasteiger partial charge in [-0.2, -0.15) is 0 Å². The maximum absolute atomic E-state index is 6.26. The number of hydroxylamine groups is 1. The summed E-state index contributed by atoms with van der Waals surface area (Å²) in [6.45, 7) is 2.14. The fourth-order valence-electron chi connectivity index (χ4n) is 3.98. The lowest BCUT2D eigenvalue weighted by atomic mass is 9.99. The zero-order valence-corrected chi connectivity index (χ0v) is 13.2. The van der Waals surface area contributed by atoms with E-state index in [1.165, 1.54) is 33.2 Å². The zero-order valence-electron chi connectivity index (χ0n) is 13.2. The van der Waals surface area contributed by atoms with Crippen molar-refractivity contribution in [2.75, 3.05) is 5.06 Å². The average molecular weight is 301 g/mol. The van der Waals surface area contributed by atoms with Crippen molar-refractivity contribution >= 4 is 16.5 Å². The second-order valence-electron chi connectivity index (χ2n) is 6.71. The Labute approximate surface area is 136 Å². The SMILES string of the molecule is Cc1ccc(C2CC3Cc4ccc5ccccc5c4N2O3)cc1. The summed E-state index contributed by atoms with van der Waals surface area (Å²) in [7, 11) is 0. The molecule has 23 heavy (non-hydrogen) atoms. The van der Waals surface area contributed by atoms with E-state index in [-0.39, 0.29) is 0 Å². The smallest absolute Gasteiger partial charge is 0.0921 e. The molecule has 2 heterocycles. The molecule has 3 aromatic rings. The number of benzene rings is 3. The first kappa shape index (κ1) is 13.1. The van der Waals surface area contributed by atoms with E-state index in [0.717, 1.165) is 12.8 Å². The Morgan fingerprint density at radius 2 is 1.78 bits per heavy atom. The van der Waals surface area contributed by atoms with Crippen molar-refractivity contribution < 1.29 is 4.84 Å². The Hall–Kier alpha value is -2.32. The first-order valence-electron chi connectivity index (χ1n) is 8.33. The number of hydrogen-bond donors (Lipinski definition) is 0. The predicted octanol–water partition coefficient (Wildman–Crippen LogP) is 4.96. The number of fused-ring (bicyclic) bond motifs is 6. The molecule has 2 unspecified atom stereocenters. The van der Waals surface area contributed by atoms with Crippen LogP contribution in [0.1, 0.15) is 29.2 Å². The van der Waals surface area contributed by atoms with Crippen LogP contribution in [0.2, 0.25) is 0 Å². The molecule has 2 aliphatic heterocycles. The highest BCUT2D eigenvalue weighted by Gasteiger charge is 2.40. The summed E-state index contributed by atoms with van der Waals surface area (Å²) in [5.74, 6) is 0. The third-order valence-electron chi connectivity index (χ3n) is 5.15. The largest absolute Gasteiger partial charge is 0.269 e. The van der Waals surface area contributed by atoms with E-state index in [0.29, 0.717) is 12.1 Å². The summed E-state index contributed by atoms with van der Waals surface area (Å²) in [5, 5.41) is 4.75. The third-order valence-corrected chi connectivity index (χ3v) is 5.15. The van der Waals surface area contributed by atoms with Crippen LogP contribution in [-0.4, -0.2) is 6.10 Å². The highest BCUT2D eigenvalue weighted by Crippen LogP contribution is 2.47. The van der Waals surface area contributed by atoms with Gasteiger partial charge in [0.2, 0.25) is 0 Å². The monoisotopic (exact) mass is 301 g/mol. The molecule has 0 N–H and O–H groups in total. The van der Waals surface area contributed by atoms with Crippen LogP contribution in [0.4, 0.5) is 5.69 Å². The molecular weight excluding hydrogens is 282 g/mol. The van der Waals surface area contributed by atoms with Crippen LogP contribution in [0.25, 0.3) is 10.8 Å². The van der Waals surface area contributed by atoms with Crippen molar-refractivity contribution in [2.45, 2.75) is 31.9 Å². The van der Waals surface area contributed by atoms with E-state index in [1.54, 1.807) is 0 Å². The fourth-order valence-corrected chi connectivity index (χ4v) is 3.98. The molecule has 2 nitrogen and oxygen atoms in total. The van der Waals surface area contributed by atoms with Crippen molar-refractivity contribution in [3.05, 3.63) is 77.4 Å².